The van der Waals surface area contributed by atoms with E-state index in [0.717, 1.165) is 11.6 Å². The summed E-state index contributed by atoms with van der Waals surface area (Å²) in [6.45, 7) is 6.65. The lowest BCUT2D eigenvalue weighted by Crippen LogP contribution is -2.86. The quantitative estimate of drug-likeness (QED) is 0.325. The smallest absolute Gasteiger partial charge is 0.289 e. The molecule has 0 aromatic heterocycles. The van der Waals surface area contributed by atoms with E-state index in [4.69, 9.17) is 11.5 Å². The van der Waals surface area contributed by atoms with Crippen LogP contribution in [0.1, 0.15) is 52.9 Å². The monoisotopic (exact) mass is 239 g/mol. The molecule has 0 spiro atoms. The molecule has 4 heteroatoms. The number of rotatable bonds is 4. The normalized spacial score (nSPS) is 18.9. The highest BCUT2D eigenvalue weighted by atomic mass is 15.3. The van der Waals surface area contributed by atoms with Crippen molar-refractivity contribution >= 4 is 5.96 Å². The molecule has 1 rings (SSSR count). The van der Waals surface area contributed by atoms with Gasteiger partial charge in [0.05, 0.1) is 0 Å². The maximum atomic E-state index is 5.34. The van der Waals surface area contributed by atoms with E-state index in [1.54, 1.807) is 0 Å². The summed E-state index contributed by atoms with van der Waals surface area (Å²) < 4.78 is 0. The zero-order chi connectivity index (χ0) is 12.9. The van der Waals surface area contributed by atoms with E-state index in [2.05, 4.69) is 30.5 Å². The van der Waals surface area contributed by atoms with Crippen molar-refractivity contribution in [2.45, 2.75) is 52.9 Å². The summed E-state index contributed by atoms with van der Waals surface area (Å²) in [6.07, 6.45) is 9.10. The second kappa shape index (κ2) is 5.94. The second-order valence-electron chi connectivity index (χ2n) is 5.69. The number of nitrogens with two attached hydrogens (primary N) is 2. The maximum Gasteiger partial charge on any atom is 0.360 e. The average molecular weight is 239 g/mol. The van der Waals surface area contributed by atoms with E-state index >= 15 is 0 Å². The lowest BCUT2D eigenvalue weighted by molar-refractivity contribution is -0.518. The summed E-state index contributed by atoms with van der Waals surface area (Å²) in [5.74, 6) is 0.973. The molecule has 0 amide bonds. The molecule has 17 heavy (non-hydrogen) atoms. The van der Waals surface area contributed by atoms with Gasteiger partial charge in [0.1, 0.15) is 0 Å². The van der Waals surface area contributed by atoms with E-state index in [1.807, 2.05) is 6.92 Å². The molecule has 4 nitrogen and oxygen atoms in total. The SMILES string of the molecule is CC(=CC(C)(C)C1CCCCC1)N[NH+]=C(N)N. The fourth-order valence-corrected chi connectivity index (χ4v) is 2.73. The molecule has 0 saturated heterocycles. The average Bonchev–Trinajstić information content (AvgIpc) is 2.27. The summed E-state index contributed by atoms with van der Waals surface area (Å²) >= 11 is 0. The van der Waals surface area contributed by atoms with Crippen LogP contribution in [0.2, 0.25) is 0 Å². The first-order valence-electron chi connectivity index (χ1n) is 6.51. The van der Waals surface area contributed by atoms with Crippen molar-refractivity contribution in [3.05, 3.63) is 11.8 Å². The minimum Gasteiger partial charge on any atom is -0.289 e. The molecule has 1 aliphatic carbocycles. The molecule has 0 unspecified atom stereocenters. The van der Waals surface area contributed by atoms with Crippen molar-refractivity contribution in [2.24, 2.45) is 22.8 Å². The first kappa shape index (κ1) is 13.9. The number of nitrogens with one attached hydrogen (secondary N) is 2. The number of hydrazone groups is 1. The lowest BCUT2D eigenvalue weighted by Gasteiger charge is -2.35. The second-order valence-corrected chi connectivity index (χ2v) is 5.69. The molecule has 6 N–H and O–H groups in total. The molecule has 0 radical (unpaired) electrons. The predicted octanol–water partition coefficient (Wildman–Crippen LogP) is 0.355. The summed E-state index contributed by atoms with van der Waals surface area (Å²) in [5.41, 5.74) is 15.0. The van der Waals surface area contributed by atoms with Crippen LogP contribution in [0.25, 0.3) is 0 Å². The highest BCUT2D eigenvalue weighted by Crippen LogP contribution is 2.39. The minimum atomic E-state index is 0.188. The Kier molecular flexibility index (Phi) is 4.85. The Balaban J connectivity index is 2.62. The summed E-state index contributed by atoms with van der Waals surface area (Å²) in [7, 11) is 0. The van der Waals surface area contributed by atoms with Gasteiger partial charge < -0.3 is 0 Å². The van der Waals surface area contributed by atoms with E-state index < -0.39 is 0 Å². The third kappa shape index (κ3) is 4.67. The Morgan fingerprint density at radius 3 is 2.35 bits per heavy atom. The van der Waals surface area contributed by atoms with Crippen LogP contribution in [0.4, 0.5) is 0 Å². The molecule has 0 aliphatic heterocycles. The van der Waals surface area contributed by atoms with Gasteiger partial charge in [-0.3, -0.25) is 16.9 Å². The summed E-state index contributed by atoms with van der Waals surface area (Å²) in [4.78, 5) is 0. The number of allylic oxidation sites excluding steroid dienone is 2. The van der Waals surface area contributed by atoms with Crippen molar-refractivity contribution in [1.29, 1.82) is 0 Å². The van der Waals surface area contributed by atoms with Gasteiger partial charge in [0.15, 0.2) is 0 Å². The largest absolute Gasteiger partial charge is 0.360 e. The van der Waals surface area contributed by atoms with Crippen LogP contribution in [0.15, 0.2) is 11.8 Å². The van der Waals surface area contributed by atoms with Crippen LogP contribution in [0.3, 0.4) is 0 Å². The fraction of sp³-hybridized carbons (Fsp3) is 0.769. The standard InChI is InChI=1S/C13H26N4/c1-10(16-17-12(14)15)9-13(2,3)11-7-5-4-6-8-11/h9,11,16H,4-8H2,1-3H3,(H4,14,15,17)/p+1. The van der Waals surface area contributed by atoms with Crippen LogP contribution in [-0.2, 0) is 0 Å². The molecular formula is C13H27N4+. The van der Waals surface area contributed by atoms with E-state index in [9.17, 15) is 0 Å². The van der Waals surface area contributed by atoms with Gasteiger partial charge in [-0.15, -0.1) is 0 Å². The molecule has 0 heterocycles. The first-order chi connectivity index (χ1) is 7.92. The van der Waals surface area contributed by atoms with Gasteiger partial charge in [-0.25, -0.2) is 0 Å². The van der Waals surface area contributed by atoms with E-state index in [-0.39, 0.29) is 11.4 Å². The highest BCUT2D eigenvalue weighted by Gasteiger charge is 2.28. The van der Waals surface area contributed by atoms with Gasteiger partial charge in [-0.1, -0.05) is 39.2 Å². The number of hydrazine groups is 1. The molecule has 0 aromatic rings. The number of hydrogen-bond acceptors (Lipinski definition) is 1. The lowest BCUT2D eigenvalue weighted by atomic mass is 9.71. The molecule has 0 bridgehead atoms. The van der Waals surface area contributed by atoms with Crippen LogP contribution in [-0.4, -0.2) is 5.96 Å². The molecule has 0 aromatic carbocycles. The molecule has 98 valence electrons. The zero-order valence-corrected chi connectivity index (χ0v) is 11.3. The fourth-order valence-electron chi connectivity index (χ4n) is 2.73. The Bertz CT molecular complexity index is 295. The van der Waals surface area contributed by atoms with Gasteiger partial charge in [0.2, 0.25) is 0 Å². The first-order valence-corrected chi connectivity index (χ1v) is 6.51. The van der Waals surface area contributed by atoms with Crippen molar-refractivity contribution in [2.75, 3.05) is 0 Å². The summed E-state index contributed by atoms with van der Waals surface area (Å²) in [6, 6.07) is 0. The summed E-state index contributed by atoms with van der Waals surface area (Å²) in [5, 5.41) is 2.72. The predicted molar refractivity (Wildman–Crippen MR) is 71.6 cm³/mol. The van der Waals surface area contributed by atoms with E-state index in [0.29, 0.717) is 0 Å². The van der Waals surface area contributed by atoms with Gasteiger partial charge in [0.25, 0.3) is 0 Å². The van der Waals surface area contributed by atoms with Crippen molar-refractivity contribution < 1.29 is 5.10 Å². The third-order valence-corrected chi connectivity index (χ3v) is 3.65. The topological polar surface area (TPSA) is 78.0 Å². The number of hydrogen-bond donors (Lipinski definition) is 4. The number of guanidine groups is 1. The Hall–Kier alpha value is -1.19. The van der Waals surface area contributed by atoms with Gasteiger partial charge in [-0.2, -0.15) is 5.10 Å². The minimum absolute atomic E-state index is 0.188. The molecule has 1 aliphatic rings. The van der Waals surface area contributed by atoms with Gasteiger partial charge in [0, 0.05) is 5.70 Å². The Morgan fingerprint density at radius 1 is 1.24 bits per heavy atom. The molecular weight excluding hydrogens is 212 g/mol. The van der Waals surface area contributed by atoms with Crippen LogP contribution < -0.4 is 22.0 Å². The maximum absolute atomic E-state index is 5.34. The Morgan fingerprint density at radius 2 is 1.82 bits per heavy atom. The van der Waals surface area contributed by atoms with Crippen molar-refractivity contribution in [3.8, 4) is 0 Å². The zero-order valence-electron chi connectivity index (χ0n) is 11.3. The third-order valence-electron chi connectivity index (χ3n) is 3.65. The molecule has 1 saturated carbocycles. The van der Waals surface area contributed by atoms with Crippen molar-refractivity contribution in [1.82, 2.24) is 5.43 Å². The highest BCUT2D eigenvalue weighted by molar-refractivity contribution is 5.69. The van der Waals surface area contributed by atoms with Gasteiger partial charge in [-0.05, 0) is 31.1 Å². The van der Waals surface area contributed by atoms with Crippen molar-refractivity contribution in [3.63, 3.8) is 0 Å². The van der Waals surface area contributed by atoms with Crippen LogP contribution >= 0.6 is 0 Å². The van der Waals surface area contributed by atoms with Gasteiger partial charge >= 0.3 is 5.96 Å². The molecule has 1 fully saturated rings. The molecule has 0 atom stereocenters. The van der Waals surface area contributed by atoms with E-state index in [1.165, 1.54) is 32.1 Å². The Labute approximate surface area is 105 Å². The van der Waals surface area contributed by atoms with Crippen LogP contribution in [0, 0.1) is 11.3 Å². The van der Waals surface area contributed by atoms with Crippen LogP contribution in [0.5, 0.6) is 0 Å².